The molecular weight excluding hydrogens is 150 g/mol. The predicted molar refractivity (Wildman–Crippen MR) is 46.5 cm³/mol. The molecule has 0 amide bonds. The van der Waals surface area contributed by atoms with Crippen molar-refractivity contribution in [2.45, 2.75) is 0 Å². The maximum atomic E-state index is 10.4. The first-order chi connectivity index (χ1) is 5.92. The van der Waals surface area contributed by atoms with E-state index in [1.54, 1.807) is 6.20 Å². The summed E-state index contributed by atoms with van der Waals surface area (Å²) in [6.07, 6.45) is 3.42. The summed E-state index contributed by atoms with van der Waals surface area (Å²) in [5.74, 6) is 0. The Morgan fingerprint density at radius 1 is 1.17 bits per heavy atom. The van der Waals surface area contributed by atoms with Crippen LogP contribution in [-0.4, -0.2) is 11.3 Å². The van der Waals surface area contributed by atoms with Crippen LogP contribution in [0.15, 0.2) is 36.5 Å². The number of aromatic nitrogens is 1. The van der Waals surface area contributed by atoms with Gasteiger partial charge in [-0.15, -0.1) is 0 Å². The van der Waals surface area contributed by atoms with Gasteiger partial charge in [-0.3, -0.25) is 9.78 Å². The maximum absolute atomic E-state index is 10.4. The van der Waals surface area contributed by atoms with E-state index in [0.29, 0.717) is 5.69 Å². The van der Waals surface area contributed by atoms with E-state index in [1.807, 2.05) is 36.6 Å². The van der Waals surface area contributed by atoms with Gasteiger partial charge in [0, 0.05) is 11.6 Å². The molecule has 2 heteroatoms. The van der Waals surface area contributed by atoms with Crippen molar-refractivity contribution in [1.82, 2.24) is 4.98 Å². The van der Waals surface area contributed by atoms with Gasteiger partial charge in [0.25, 0.3) is 6.29 Å². The minimum absolute atomic E-state index is 0.383. The van der Waals surface area contributed by atoms with Crippen LogP contribution in [0.5, 0.6) is 0 Å². The van der Waals surface area contributed by atoms with Crippen molar-refractivity contribution in [1.29, 1.82) is 0 Å². The molecule has 0 N–H and O–H groups in total. The quantitative estimate of drug-likeness (QED) is 0.628. The van der Waals surface area contributed by atoms with Gasteiger partial charge in [0.15, 0.2) is 0 Å². The Labute approximate surface area is 69.9 Å². The Morgan fingerprint density at radius 2 is 2.00 bits per heavy atom. The van der Waals surface area contributed by atoms with Gasteiger partial charge >= 0.3 is 0 Å². The molecule has 2 aromatic rings. The Hall–Kier alpha value is -1.70. The van der Waals surface area contributed by atoms with Gasteiger partial charge in [-0.25, -0.2) is 0 Å². The van der Waals surface area contributed by atoms with Crippen molar-refractivity contribution in [3.8, 4) is 0 Å². The molecule has 1 radical (unpaired) electrons. The fourth-order valence-electron chi connectivity index (χ4n) is 1.20. The number of hydrogen-bond acceptors (Lipinski definition) is 2. The zero-order chi connectivity index (χ0) is 8.39. The van der Waals surface area contributed by atoms with E-state index in [1.165, 1.54) is 0 Å². The van der Waals surface area contributed by atoms with Crippen LogP contribution >= 0.6 is 0 Å². The lowest BCUT2D eigenvalue weighted by molar-refractivity contribution is 0.562. The molecule has 0 saturated carbocycles. The molecule has 0 atom stereocenters. The molecule has 0 spiro atoms. The van der Waals surface area contributed by atoms with Crippen LogP contribution in [-0.2, 0) is 4.79 Å². The summed E-state index contributed by atoms with van der Waals surface area (Å²) < 4.78 is 0. The minimum atomic E-state index is 0.383. The van der Waals surface area contributed by atoms with Crippen molar-refractivity contribution in [3.05, 3.63) is 42.2 Å². The molecule has 1 heterocycles. The van der Waals surface area contributed by atoms with Crippen molar-refractivity contribution >= 4 is 17.1 Å². The average molecular weight is 156 g/mol. The van der Waals surface area contributed by atoms with Crippen molar-refractivity contribution in [3.63, 3.8) is 0 Å². The smallest absolute Gasteiger partial charge is 0.254 e. The highest BCUT2D eigenvalue weighted by Crippen LogP contribution is 2.13. The number of hydrogen-bond donors (Lipinski definition) is 0. The molecule has 0 aliphatic heterocycles. The number of nitrogens with zero attached hydrogens (tertiary/aromatic N) is 1. The molecule has 2 nitrogen and oxygen atoms in total. The van der Waals surface area contributed by atoms with Crippen molar-refractivity contribution in [2.24, 2.45) is 0 Å². The van der Waals surface area contributed by atoms with Crippen LogP contribution in [0.4, 0.5) is 0 Å². The lowest BCUT2D eigenvalue weighted by Gasteiger charge is -1.96. The fraction of sp³-hybridized carbons (Fsp3) is 0. The highest BCUT2D eigenvalue weighted by molar-refractivity contribution is 5.95. The summed E-state index contributed by atoms with van der Waals surface area (Å²) in [4.78, 5) is 14.3. The van der Waals surface area contributed by atoms with E-state index < -0.39 is 0 Å². The first-order valence-corrected chi connectivity index (χ1v) is 3.64. The zero-order valence-electron chi connectivity index (χ0n) is 6.32. The summed E-state index contributed by atoms with van der Waals surface area (Å²) in [6, 6.07) is 9.48. The molecule has 0 aliphatic carbocycles. The van der Waals surface area contributed by atoms with Crippen molar-refractivity contribution < 1.29 is 4.79 Å². The van der Waals surface area contributed by atoms with Gasteiger partial charge in [0.05, 0.1) is 0 Å². The van der Waals surface area contributed by atoms with Crippen LogP contribution < -0.4 is 0 Å². The number of pyridine rings is 1. The molecule has 57 valence electrons. The molecule has 1 aromatic heterocycles. The van der Waals surface area contributed by atoms with Crippen molar-refractivity contribution in [2.75, 3.05) is 0 Å². The summed E-state index contributed by atoms with van der Waals surface area (Å²) in [5.41, 5.74) is 0.383. The lowest BCUT2D eigenvalue weighted by Crippen LogP contribution is -1.87. The summed E-state index contributed by atoms with van der Waals surface area (Å²) >= 11 is 0. The normalized spacial score (nSPS) is 10.0. The first-order valence-electron chi connectivity index (χ1n) is 3.64. The Bertz CT molecular complexity index is 418. The standard InChI is InChI=1S/C10H6NO/c12-7-10-9-4-2-1-3-8(9)5-6-11-10/h1-6H. The highest BCUT2D eigenvalue weighted by Gasteiger charge is 1.98. The fourth-order valence-corrected chi connectivity index (χ4v) is 1.20. The molecule has 0 fully saturated rings. The third kappa shape index (κ3) is 0.975. The van der Waals surface area contributed by atoms with E-state index in [0.717, 1.165) is 10.8 Å². The molecule has 0 saturated heterocycles. The number of fused-ring (bicyclic) bond motifs is 1. The van der Waals surface area contributed by atoms with Crippen LogP contribution in [0.2, 0.25) is 0 Å². The first kappa shape index (κ1) is 6.98. The van der Waals surface area contributed by atoms with E-state index in [-0.39, 0.29) is 0 Å². The van der Waals surface area contributed by atoms with Gasteiger partial charge in [0.2, 0.25) is 0 Å². The predicted octanol–water partition coefficient (Wildman–Crippen LogP) is 1.69. The van der Waals surface area contributed by atoms with Gasteiger partial charge in [0.1, 0.15) is 5.69 Å². The Morgan fingerprint density at radius 3 is 2.83 bits per heavy atom. The summed E-state index contributed by atoms with van der Waals surface area (Å²) in [5, 5.41) is 1.88. The Balaban J connectivity index is 2.88. The van der Waals surface area contributed by atoms with E-state index in [4.69, 9.17) is 0 Å². The van der Waals surface area contributed by atoms with Crippen LogP contribution in [0.25, 0.3) is 10.8 Å². The third-order valence-electron chi connectivity index (χ3n) is 1.77. The number of carbonyl (C=O) groups excluding carboxylic acids is 1. The number of rotatable bonds is 1. The van der Waals surface area contributed by atoms with E-state index >= 15 is 0 Å². The Kier molecular flexibility index (Phi) is 1.59. The molecule has 0 aliphatic rings. The molecule has 1 aromatic carbocycles. The van der Waals surface area contributed by atoms with Crippen LogP contribution in [0.3, 0.4) is 0 Å². The second-order valence-electron chi connectivity index (χ2n) is 2.48. The van der Waals surface area contributed by atoms with E-state index in [2.05, 4.69) is 4.98 Å². The zero-order valence-corrected chi connectivity index (χ0v) is 6.32. The summed E-state index contributed by atoms with van der Waals surface area (Å²) in [6.45, 7) is 0. The topological polar surface area (TPSA) is 30.0 Å². The largest absolute Gasteiger partial charge is 0.283 e. The van der Waals surface area contributed by atoms with Gasteiger partial charge in [-0.1, -0.05) is 24.3 Å². The molecule has 12 heavy (non-hydrogen) atoms. The minimum Gasteiger partial charge on any atom is -0.283 e. The monoisotopic (exact) mass is 156 g/mol. The molecule has 2 rings (SSSR count). The maximum Gasteiger partial charge on any atom is 0.254 e. The second kappa shape index (κ2) is 2.74. The van der Waals surface area contributed by atoms with E-state index in [9.17, 15) is 4.79 Å². The SMILES string of the molecule is O=[C]c1nccc2ccccc12. The van der Waals surface area contributed by atoms with Gasteiger partial charge in [-0.2, -0.15) is 0 Å². The average Bonchev–Trinajstić information content (AvgIpc) is 2.17. The lowest BCUT2D eigenvalue weighted by atomic mass is 10.1. The molecule has 0 unspecified atom stereocenters. The highest BCUT2D eigenvalue weighted by atomic mass is 16.1. The molecule has 0 bridgehead atoms. The van der Waals surface area contributed by atoms with Crippen LogP contribution in [0, 0.1) is 0 Å². The van der Waals surface area contributed by atoms with Gasteiger partial charge in [-0.05, 0) is 11.5 Å². The van der Waals surface area contributed by atoms with Crippen LogP contribution in [0.1, 0.15) is 5.69 Å². The number of benzene rings is 1. The second-order valence-corrected chi connectivity index (χ2v) is 2.48. The van der Waals surface area contributed by atoms with Gasteiger partial charge < -0.3 is 0 Å². The molecular formula is C10H6NO. The third-order valence-corrected chi connectivity index (χ3v) is 1.77. The summed E-state index contributed by atoms with van der Waals surface area (Å²) in [7, 11) is 0.